The van der Waals surface area contributed by atoms with E-state index in [9.17, 15) is 10.2 Å². The van der Waals surface area contributed by atoms with Gasteiger partial charge in [0.2, 0.25) is 12.0 Å². The van der Waals surface area contributed by atoms with E-state index < -0.39 is 30.3 Å². The predicted octanol–water partition coefficient (Wildman–Crippen LogP) is -3.30. The van der Waals surface area contributed by atoms with Crippen LogP contribution in [-0.4, -0.2) is 62.0 Å². The molecule has 0 saturated carbocycles. The first-order valence-electron chi connectivity index (χ1n) is 3.95. The quantitative estimate of drug-likeness (QED) is 0.297. The smallest absolute Gasteiger partial charge is 0.221 e. The van der Waals surface area contributed by atoms with E-state index >= 15 is 0 Å². The zero-order valence-corrected chi connectivity index (χ0v) is 6.44. The Labute approximate surface area is 72.7 Å². The minimum Gasteiger partial charge on any atom is -0.387 e. The number of hydroxylamine groups is 2. The fourth-order valence-electron chi connectivity index (χ4n) is 1.75. The van der Waals surface area contributed by atoms with Gasteiger partial charge in [0.05, 0.1) is 0 Å². The Kier molecular flexibility index (Phi) is 1.26. The van der Waals surface area contributed by atoms with Crippen LogP contribution in [0.1, 0.15) is 0 Å². The lowest BCUT2D eigenvalue weighted by Gasteiger charge is -2.39. The number of hydrogen-bond acceptors (Lipinski definition) is 7. The fraction of sp³-hybridized carbons (Fsp3) is 1.00. The monoisotopic (exact) mass is 191 g/mol. The largest absolute Gasteiger partial charge is 0.387 e. The molecule has 1 spiro atoms. The standard InChI is InChI=1S/C6H9NO6/c8-1-2(9)4(11)12-6(3(1)10)5-7(6)13-5/h1-5,8-11H/t1-,2+,3+,4+,5-,6+,7?/m1/s1. The van der Waals surface area contributed by atoms with E-state index in [4.69, 9.17) is 19.8 Å². The van der Waals surface area contributed by atoms with Crippen LogP contribution < -0.4 is 0 Å². The van der Waals surface area contributed by atoms with Gasteiger partial charge in [-0.05, 0) is 0 Å². The van der Waals surface area contributed by atoms with Crippen molar-refractivity contribution >= 4 is 0 Å². The van der Waals surface area contributed by atoms with E-state index in [-0.39, 0.29) is 6.23 Å². The highest BCUT2D eigenvalue weighted by atomic mass is 17.0. The molecule has 0 aromatic carbocycles. The van der Waals surface area contributed by atoms with Crippen LogP contribution in [0.25, 0.3) is 0 Å². The van der Waals surface area contributed by atoms with Crippen LogP contribution in [0.3, 0.4) is 0 Å². The Bertz CT molecular complexity index is 252. The van der Waals surface area contributed by atoms with E-state index in [0.717, 1.165) is 0 Å². The van der Waals surface area contributed by atoms with Crippen molar-refractivity contribution < 1.29 is 30.0 Å². The van der Waals surface area contributed by atoms with Gasteiger partial charge in [0.1, 0.15) is 18.3 Å². The SMILES string of the molecule is O[C@@H]1[C@H](O)[C@@H](O)O[C@@]2([C@H]1O)[C@H]1ON12. The molecule has 4 N–H and O–H groups in total. The van der Waals surface area contributed by atoms with Crippen molar-refractivity contribution in [1.29, 1.82) is 0 Å². The summed E-state index contributed by atoms with van der Waals surface area (Å²) in [7, 11) is 0. The van der Waals surface area contributed by atoms with Crippen LogP contribution in [0, 0.1) is 0 Å². The second-order valence-electron chi connectivity index (χ2n) is 3.47. The van der Waals surface area contributed by atoms with Gasteiger partial charge < -0.3 is 25.2 Å². The van der Waals surface area contributed by atoms with Gasteiger partial charge in [0.15, 0.2) is 6.29 Å². The molecule has 3 heterocycles. The van der Waals surface area contributed by atoms with Gasteiger partial charge in [0.25, 0.3) is 0 Å². The molecule has 0 aromatic rings. The van der Waals surface area contributed by atoms with Gasteiger partial charge >= 0.3 is 0 Å². The number of aliphatic hydroxyl groups excluding tert-OH is 4. The van der Waals surface area contributed by atoms with Crippen molar-refractivity contribution in [2.24, 2.45) is 0 Å². The summed E-state index contributed by atoms with van der Waals surface area (Å²) in [5.41, 5.74) is -1.13. The summed E-state index contributed by atoms with van der Waals surface area (Å²) in [6.07, 6.45) is -6.04. The molecule has 7 nitrogen and oxygen atoms in total. The van der Waals surface area contributed by atoms with Crippen LogP contribution in [0.5, 0.6) is 0 Å². The summed E-state index contributed by atoms with van der Waals surface area (Å²) in [6.45, 7) is 0. The van der Waals surface area contributed by atoms with E-state index in [1.807, 2.05) is 0 Å². The second kappa shape index (κ2) is 2.04. The van der Waals surface area contributed by atoms with Crippen LogP contribution in [-0.2, 0) is 9.57 Å². The lowest BCUT2D eigenvalue weighted by atomic mass is 9.98. The van der Waals surface area contributed by atoms with Gasteiger partial charge in [-0.2, -0.15) is 0 Å². The van der Waals surface area contributed by atoms with Crippen LogP contribution in [0.15, 0.2) is 0 Å². The topological polar surface area (TPSA) is 106 Å². The van der Waals surface area contributed by atoms with Crippen molar-refractivity contribution in [2.75, 3.05) is 0 Å². The van der Waals surface area contributed by atoms with E-state index in [0.29, 0.717) is 0 Å². The summed E-state index contributed by atoms with van der Waals surface area (Å²) in [5, 5.41) is 38.4. The maximum absolute atomic E-state index is 9.49. The van der Waals surface area contributed by atoms with Gasteiger partial charge in [0, 0.05) is 0 Å². The Balaban J connectivity index is 1.85. The number of nitrogens with zero attached hydrogens (tertiary/aromatic N) is 1. The number of ether oxygens (including phenoxy) is 1. The average molecular weight is 191 g/mol. The first-order valence-corrected chi connectivity index (χ1v) is 3.95. The molecule has 0 amide bonds. The summed E-state index contributed by atoms with van der Waals surface area (Å²) in [4.78, 5) is 4.75. The number of rotatable bonds is 0. The molecule has 74 valence electrons. The molecule has 3 aliphatic heterocycles. The average Bonchev–Trinajstić information content (AvgIpc) is 2.95. The highest BCUT2D eigenvalue weighted by Crippen LogP contribution is 2.61. The first kappa shape index (κ1) is 8.06. The van der Waals surface area contributed by atoms with Crippen LogP contribution >= 0.6 is 0 Å². The minimum atomic E-state index is -1.49. The van der Waals surface area contributed by atoms with Crippen molar-refractivity contribution in [3.63, 3.8) is 0 Å². The van der Waals surface area contributed by atoms with E-state index in [1.54, 1.807) is 0 Å². The van der Waals surface area contributed by atoms with Gasteiger partial charge in [-0.1, -0.05) is 0 Å². The second-order valence-corrected chi connectivity index (χ2v) is 3.47. The number of hydrogen-bond donors (Lipinski definition) is 4. The zero-order valence-electron chi connectivity index (χ0n) is 6.44. The molecule has 0 aromatic heterocycles. The minimum absolute atomic E-state index is 0.390. The molecule has 3 rings (SSSR count). The van der Waals surface area contributed by atoms with Crippen molar-refractivity contribution in [2.45, 2.75) is 36.6 Å². The lowest BCUT2D eigenvalue weighted by Crippen LogP contribution is -2.62. The summed E-state index contributed by atoms with van der Waals surface area (Å²) >= 11 is 0. The third-order valence-corrected chi connectivity index (χ3v) is 2.71. The third-order valence-electron chi connectivity index (χ3n) is 2.71. The summed E-state index contributed by atoms with van der Waals surface area (Å²) in [6, 6.07) is 0. The Morgan fingerprint density at radius 2 is 1.69 bits per heavy atom. The molecule has 0 aliphatic carbocycles. The molecule has 7 atom stereocenters. The Morgan fingerprint density at radius 3 is 2.15 bits per heavy atom. The molecule has 13 heavy (non-hydrogen) atoms. The lowest BCUT2D eigenvalue weighted by molar-refractivity contribution is -0.340. The highest BCUT2D eigenvalue weighted by Gasteiger charge is 2.87. The van der Waals surface area contributed by atoms with Gasteiger partial charge in [-0.15, -0.1) is 5.06 Å². The maximum atomic E-state index is 9.49. The predicted molar refractivity (Wildman–Crippen MR) is 34.6 cm³/mol. The number of fused-ring (bicyclic) bond motifs is 3. The van der Waals surface area contributed by atoms with E-state index in [2.05, 4.69) is 0 Å². The molecule has 7 heteroatoms. The first-order chi connectivity index (χ1) is 6.09. The molecule has 0 bridgehead atoms. The fourth-order valence-corrected chi connectivity index (χ4v) is 1.75. The van der Waals surface area contributed by atoms with E-state index in [1.165, 1.54) is 5.06 Å². The Hall–Kier alpha value is -0.280. The zero-order chi connectivity index (χ0) is 9.38. The normalized spacial score (nSPS) is 69.2. The molecule has 3 aliphatic rings. The van der Waals surface area contributed by atoms with Gasteiger partial charge in [-0.3, -0.25) is 4.84 Å². The van der Waals surface area contributed by atoms with Crippen molar-refractivity contribution in [3.05, 3.63) is 0 Å². The summed E-state index contributed by atoms with van der Waals surface area (Å²) < 4.78 is 4.94. The Morgan fingerprint density at radius 1 is 1.08 bits per heavy atom. The maximum Gasteiger partial charge on any atom is 0.221 e. The van der Waals surface area contributed by atoms with Crippen LogP contribution in [0.4, 0.5) is 0 Å². The molecule has 0 radical (unpaired) electrons. The molecular weight excluding hydrogens is 182 g/mol. The summed E-state index contributed by atoms with van der Waals surface area (Å²) in [5.74, 6) is 0. The van der Waals surface area contributed by atoms with Crippen molar-refractivity contribution in [3.8, 4) is 0 Å². The molecular formula is C6H9NO6. The molecule has 1 unspecified atom stereocenters. The van der Waals surface area contributed by atoms with Crippen molar-refractivity contribution in [1.82, 2.24) is 5.06 Å². The molecule has 3 saturated heterocycles. The number of aliphatic hydroxyl groups is 4. The van der Waals surface area contributed by atoms with Crippen LogP contribution in [0.2, 0.25) is 0 Å². The molecule has 3 fully saturated rings. The highest BCUT2D eigenvalue weighted by molar-refractivity contribution is 5.18. The van der Waals surface area contributed by atoms with Gasteiger partial charge in [-0.25, -0.2) is 0 Å². The third kappa shape index (κ3) is 0.739.